The van der Waals surface area contributed by atoms with Crippen molar-refractivity contribution < 1.29 is 0 Å². The summed E-state index contributed by atoms with van der Waals surface area (Å²) >= 11 is 1.54. The first-order valence-electron chi connectivity index (χ1n) is 2.75. The van der Waals surface area contributed by atoms with Gasteiger partial charge in [-0.3, -0.25) is 5.41 Å². The van der Waals surface area contributed by atoms with Crippen LogP contribution in [0.5, 0.6) is 0 Å². The normalized spacial score (nSPS) is 9.20. The summed E-state index contributed by atoms with van der Waals surface area (Å²) in [6.45, 7) is 0.549. The van der Waals surface area contributed by atoms with E-state index >= 15 is 0 Å². The van der Waals surface area contributed by atoms with Crippen molar-refractivity contribution in [2.45, 2.75) is 6.54 Å². The third-order valence-corrected chi connectivity index (χ3v) is 1.69. The van der Waals surface area contributed by atoms with Gasteiger partial charge in [-0.15, -0.1) is 11.3 Å². The first-order valence-corrected chi connectivity index (χ1v) is 3.63. The molecule has 0 radical (unpaired) electrons. The molecule has 54 valence electrons. The predicted octanol–water partition coefficient (Wildman–Crippen LogP) is 0.126. The van der Waals surface area contributed by atoms with E-state index in [0.29, 0.717) is 6.54 Å². The minimum atomic E-state index is -0.0183. The number of hydrogen-bond donors (Lipinski definition) is 3. The second-order valence-electron chi connectivity index (χ2n) is 1.69. The Labute approximate surface area is 62.6 Å². The highest BCUT2D eigenvalue weighted by Gasteiger charge is 1.92. The highest BCUT2D eigenvalue weighted by molar-refractivity contribution is 7.09. The van der Waals surface area contributed by atoms with Crippen molar-refractivity contribution in [1.29, 1.82) is 5.41 Å². The van der Waals surface area contributed by atoms with Crippen LogP contribution in [0.1, 0.15) is 5.01 Å². The number of rotatable bonds is 2. The maximum Gasteiger partial charge on any atom is 0.186 e. The third-order valence-electron chi connectivity index (χ3n) is 0.914. The van der Waals surface area contributed by atoms with Gasteiger partial charge >= 0.3 is 0 Å². The first-order chi connectivity index (χ1) is 4.79. The van der Waals surface area contributed by atoms with Crippen LogP contribution >= 0.6 is 11.3 Å². The van der Waals surface area contributed by atoms with E-state index < -0.39 is 0 Å². The molecule has 0 saturated heterocycles. The molecule has 10 heavy (non-hydrogen) atoms. The molecule has 0 fully saturated rings. The van der Waals surface area contributed by atoms with E-state index in [9.17, 15) is 0 Å². The summed E-state index contributed by atoms with van der Waals surface area (Å²) in [5, 5.41) is 12.3. The molecule has 0 aliphatic carbocycles. The quantitative estimate of drug-likeness (QED) is 0.420. The van der Waals surface area contributed by atoms with Crippen LogP contribution in [-0.4, -0.2) is 10.9 Å². The fourth-order valence-corrected chi connectivity index (χ4v) is 1.07. The van der Waals surface area contributed by atoms with Crippen LogP contribution in [0.2, 0.25) is 0 Å². The second-order valence-corrected chi connectivity index (χ2v) is 2.67. The second kappa shape index (κ2) is 3.17. The fourth-order valence-electron chi connectivity index (χ4n) is 0.511. The number of nitrogens with two attached hydrogens (primary N) is 1. The molecule has 1 aromatic heterocycles. The maximum absolute atomic E-state index is 6.84. The van der Waals surface area contributed by atoms with Crippen molar-refractivity contribution >= 4 is 17.3 Å². The van der Waals surface area contributed by atoms with Gasteiger partial charge < -0.3 is 11.1 Å². The molecule has 0 aromatic carbocycles. The standard InChI is InChI=1S/C5H8N4S/c6-5(7)9-3-4-8-1-2-10-4/h1-2H,3H2,(H4,6,7,9). The van der Waals surface area contributed by atoms with Gasteiger partial charge in [-0.25, -0.2) is 4.98 Å². The number of nitrogens with one attached hydrogen (secondary N) is 2. The van der Waals surface area contributed by atoms with E-state index in [1.807, 2.05) is 5.38 Å². The number of aromatic nitrogens is 1. The molecule has 4 nitrogen and oxygen atoms in total. The molecule has 0 aliphatic rings. The van der Waals surface area contributed by atoms with Crippen molar-refractivity contribution in [2.24, 2.45) is 5.73 Å². The summed E-state index contributed by atoms with van der Waals surface area (Å²) in [6.07, 6.45) is 1.72. The van der Waals surface area contributed by atoms with Crippen LogP contribution in [0.4, 0.5) is 0 Å². The number of thiazole rings is 1. The number of guanidine groups is 1. The summed E-state index contributed by atoms with van der Waals surface area (Å²) in [5.74, 6) is -0.0183. The van der Waals surface area contributed by atoms with E-state index in [4.69, 9.17) is 11.1 Å². The van der Waals surface area contributed by atoms with Crippen molar-refractivity contribution in [1.82, 2.24) is 10.3 Å². The van der Waals surface area contributed by atoms with Gasteiger partial charge in [0.15, 0.2) is 5.96 Å². The summed E-state index contributed by atoms with van der Waals surface area (Å²) in [7, 11) is 0. The molecule has 0 spiro atoms. The van der Waals surface area contributed by atoms with E-state index in [2.05, 4.69) is 10.3 Å². The Kier molecular flexibility index (Phi) is 2.22. The molecule has 1 heterocycles. The molecule has 0 saturated carbocycles. The lowest BCUT2D eigenvalue weighted by Gasteiger charge is -1.97. The molecule has 0 unspecified atom stereocenters. The van der Waals surface area contributed by atoms with Crippen LogP contribution in [0.25, 0.3) is 0 Å². The molecule has 4 N–H and O–H groups in total. The first kappa shape index (κ1) is 7.01. The van der Waals surface area contributed by atoms with Crippen LogP contribution in [0.3, 0.4) is 0 Å². The van der Waals surface area contributed by atoms with Crippen molar-refractivity contribution in [3.05, 3.63) is 16.6 Å². The van der Waals surface area contributed by atoms with Gasteiger partial charge in [0.25, 0.3) is 0 Å². The minimum absolute atomic E-state index is 0.0183. The van der Waals surface area contributed by atoms with Gasteiger partial charge in [0, 0.05) is 11.6 Å². The van der Waals surface area contributed by atoms with Crippen LogP contribution in [0, 0.1) is 5.41 Å². The molecule has 5 heteroatoms. The molecule has 0 bridgehead atoms. The zero-order valence-electron chi connectivity index (χ0n) is 5.29. The van der Waals surface area contributed by atoms with E-state index in [0.717, 1.165) is 5.01 Å². The number of nitrogens with zero attached hydrogens (tertiary/aromatic N) is 1. The minimum Gasteiger partial charge on any atom is -0.370 e. The van der Waals surface area contributed by atoms with Gasteiger partial charge in [-0.1, -0.05) is 0 Å². The van der Waals surface area contributed by atoms with E-state index in [-0.39, 0.29) is 5.96 Å². The molecule has 1 rings (SSSR count). The summed E-state index contributed by atoms with van der Waals surface area (Å²) in [4.78, 5) is 3.99. The molecule has 1 aromatic rings. The van der Waals surface area contributed by atoms with Gasteiger partial charge in [-0.05, 0) is 0 Å². The Morgan fingerprint density at radius 2 is 2.70 bits per heavy atom. The summed E-state index contributed by atoms with van der Waals surface area (Å²) < 4.78 is 0. The zero-order valence-corrected chi connectivity index (χ0v) is 6.11. The largest absolute Gasteiger partial charge is 0.370 e. The molecule has 0 aliphatic heterocycles. The maximum atomic E-state index is 6.84. The number of hydrogen-bond acceptors (Lipinski definition) is 3. The summed E-state index contributed by atoms with van der Waals surface area (Å²) in [6, 6.07) is 0. The fraction of sp³-hybridized carbons (Fsp3) is 0.200. The van der Waals surface area contributed by atoms with Crippen LogP contribution < -0.4 is 11.1 Å². The topological polar surface area (TPSA) is 74.8 Å². The Morgan fingerprint density at radius 1 is 1.90 bits per heavy atom. The van der Waals surface area contributed by atoms with Crippen LogP contribution in [-0.2, 0) is 6.54 Å². The van der Waals surface area contributed by atoms with Crippen molar-refractivity contribution in [3.63, 3.8) is 0 Å². The Balaban J connectivity index is 2.35. The molecule has 0 atom stereocenters. The summed E-state index contributed by atoms with van der Waals surface area (Å²) in [5.41, 5.74) is 5.06. The smallest absolute Gasteiger partial charge is 0.186 e. The lowest BCUT2D eigenvalue weighted by atomic mass is 10.6. The average Bonchev–Trinajstić information content (AvgIpc) is 2.34. The van der Waals surface area contributed by atoms with Crippen molar-refractivity contribution in [2.75, 3.05) is 0 Å². The zero-order chi connectivity index (χ0) is 7.40. The lowest BCUT2D eigenvalue weighted by Crippen LogP contribution is -2.29. The Bertz CT molecular complexity index is 205. The van der Waals surface area contributed by atoms with Crippen molar-refractivity contribution in [3.8, 4) is 0 Å². The SMILES string of the molecule is N=C(N)NCc1nccs1. The molecular weight excluding hydrogens is 148 g/mol. The Morgan fingerprint density at radius 3 is 3.20 bits per heavy atom. The van der Waals surface area contributed by atoms with Gasteiger partial charge in [0.1, 0.15) is 5.01 Å². The third kappa shape index (κ3) is 2.02. The molecular formula is C5H8N4S. The predicted molar refractivity (Wildman–Crippen MR) is 40.9 cm³/mol. The van der Waals surface area contributed by atoms with Gasteiger partial charge in [0.2, 0.25) is 0 Å². The Hall–Kier alpha value is -1.10. The van der Waals surface area contributed by atoms with Gasteiger partial charge in [-0.2, -0.15) is 0 Å². The van der Waals surface area contributed by atoms with Crippen LogP contribution in [0.15, 0.2) is 11.6 Å². The van der Waals surface area contributed by atoms with E-state index in [1.165, 1.54) is 11.3 Å². The average molecular weight is 156 g/mol. The molecule has 0 amide bonds. The van der Waals surface area contributed by atoms with E-state index in [1.54, 1.807) is 6.20 Å². The highest BCUT2D eigenvalue weighted by Crippen LogP contribution is 2.01. The lowest BCUT2D eigenvalue weighted by molar-refractivity contribution is 0.885. The highest BCUT2D eigenvalue weighted by atomic mass is 32.1. The van der Waals surface area contributed by atoms with Gasteiger partial charge in [0.05, 0.1) is 6.54 Å². The monoisotopic (exact) mass is 156 g/mol.